The highest BCUT2D eigenvalue weighted by Crippen LogP contribution is 2.27. The number of rotatable bonds is 4. The molecule has 2 aliphatic rings. The van der Waals surface area contributed by atoms with Crippen LogP contribution in [0.4, 0.5) is 0 Å². The summed E-state index contributed by atoms with van der Waals surface area (Å²) in [5.41, 5.74) is 2.30. The Morgan fingerprint density at radius 2 is 2.09 bits per heavy atom. The maximum Gasteiger partial charge on any atom is 0.224 e. The van der Waals surface area contributed by atoms with Crippen molar-refractivity contribution in [1.29, 1.82) is 0 Å². The molecular weight excluding hydrogens is 280 g/mol. The SMILES string of the molecule is CC(=O)c1c(C)nn(CCC(=O)N2CC[C@H]3CNC[C@H]32)c1C. The van der Waals surface area contributed by atoms with Crippen molar-refractivity contribution in [2.24, 2.45) is 5.92 Å². The predicted octanol–water partition coefficient (Wildman–Crippen LogP) is 0.913. The summed E-state index contributed by atoms with van der Waals surface area (Å²) in [6, 6.07) is 0.376. The number of amides is 1. The molecule has 2 saturated heterocycles. The average molecular weight is 304 g/mol. The molecule has 1 aromatic heterocycles. The summed E-state index contributed by atoms with van der Waals surface area (Å²) in [4.78, 5) is 26.2. The number of carbonyl (C=O) groups excluding carboxylic acids is 2. The lowest BCUT2D eigenvalue weighted by molar-refractivity contribution is -0.132. The maximum absolute atomic E-state index is 12.5. The summed E-state index contributed by atoms with van der Waals surface area (Å²) in [6.07, 6.45) is 1.56. The Morgan fingerprint density at radius 3 is 2.77 bits per heavy atom. The van der Waals surface area contributed by atoms with E-state index in [0.717, 1.165) is 37.4 Å². The molecule has 22 heavy (non-hydrogen) atoms. The van der Waals surface area contributed by atoms with E-state index in [-0.39, 0.29) is 11.7 Å². The van der Waals surface area contributed by atoms with Crippen molar-refractivity contribution in [3.8, 4) is 0 Å². The van der Waals surface area contributed by atoms with Crippen molar-refractivity contribution in [3.63, 3.8) is 0 Å². The molecule has 1 aromatic rings. The van der Waals surface area contributed by atoms with E-state index in [1.807, 2.05) is 18.7 Å². The van der Waals surface area contributed by atoms with Gasteiger partial charge in [0, 0.05) is 44.3 Å². The molecule has 0 saturated carbocycles. The van der Waals surface area contributed by atoms with Crippen LogP contribution in [0, 0.1) is 19.8 Å². The number of hydrogen-bond donors (Lipinski definition) is 1. The van der Waals surface area contributed by atoms with E-state index in [1.54, 1.807) is 11.6 Å². The van der Waals surface area contributed by atoms with Gasteiger partial charge in [-0.05, 0) is 33.1 Å². The highest BCUT2D eigenvalue weighted by atomic mass is 16.2. The highest BCUT2D eigenvalue weighted by Gasteiger charge is 2.39. The average Bonchev–Trinajstić information content (AvgIpc) is 3.10. The summed E-state index contributed by atoms with van der Waals surface area (Å²) in [5, 5.41) is 7.78. The topological polar surface area (TPSA) is 67.2 Å². The molecule has 120 valence electrons. The lowest BCUT2D eigenvalue weighted by Gasteiger charge is -2.23. The number of nitrogens with zero attached hydrogens (tertiary/aromatic N) is 3. The third kappa shape index (κ3) is 2.56. The van der Waals surface area contributed by atoms with Gasteiger partial charge < -0.3 is 10.2 Å². The number of ketones is 1. The molecule has 6 heteroatoms. The Morgan fingerprint density at radius 1 is 1.32 bits per heavy atom. The second-order valence-electron chi connectivity index (χ2n) is 6.44. The molecule has 0 aromatic carbocycles. The van der Waals surface area contributed by atoms with Crippen LogP contribution in [0.3, 0.4) is 0 Å². The highest BCUT2D eigenvalue weighted by molar-refractivity contribution is 5.96. The van der Waals surface area contributed by atoms with Gasteiger partial charge >= 0.3 is 0 Å². The fourth-order valence-corrected chi connectivity index (χ4v) is 3.93. The lowest BCUT2D eigenvalue weighted by atomic mass is 10.1. The monoisotopic (exact) mass is 304 g/mol. The van der Waals surface area contributed by atoms with Gasteiger partial charge in [0.1, 0.15) is 0 Å². The van der Waals surface area contributed by atoms with Gasteiger partial charge in [-0.25, -0.2) is 0 Å². The molecule has 0 aliphatic carbocycles. The van der Waals surface area contributed by atoms with Crippen LogP contribution in [0.15, 0.2) is 0 Å². The molecule has 3 heterocycles. The largest absolute Gasteiger partial charge is 0.338 e. The minimum Gasteiger partial charge on any atom is -0.338 e. The Bertz CT molecular complexity index is 608. The van der Waals surface area contributed by atoms with Crippen LogP contribution in [-0.2, 0) is 11.3 Å². The zero-order valence-electron chi connectivity index (χ0n) is 13.6. The van der Waals surface area contributed by atoms with Gasteiger partial charge in [-0.2, -0.15) is 5.10 Å². The van der Waals surface area contributed by atoms with E-state index in [4.69, 9.17) is 0 Å². The van der Waals surface area contributed by atoms with Gasteiger partial charge in [0.15, 0.2) is 5.78 Å². The molecule has 1 N–H and O–H groups in total. The van der Waals surface area contributed by atoms with E-state index in [9.17, 15) is 9.59 Å². The second kappa shape index (κ2) is 5.83. The van der Waals surface area contributed by atoms with Crippen LogP contribution in [0.25, 0.3) is 0 Å². The van der Waals surface area contributed by atoms with Crippen molar-refractivity contribution in [1.82, 2.24) is 20.0 Å². The Balaban J connectivity index is 1.64. The number of hydrogen-bond acceptors (Lipinski definition) is 4. The summed E-state index contributed by atoms with van der Waals surface area (Å²) >= 11 is 0. The summed E-state index contributed by atoms with van der Waals surface area (Å²) in [7, 11) is 0. The summed E-state index contributed by atoms with van der Waals surface area (Å²) in [6.45, 7) is 8.68. The fourth-order valence-electron chi connectivity index (χ4n) is 3.93. The van der Waals surface area contributed by atoms with Crippen LogP contribution in [0.5, 0.6) is 0 Å². The van der Waals surface area contributed by atoms with Crippen LogP contribution in [0.2, 0.25) is 0 Å². The standard InChI is InChI=1S/C16H24N4O2/c1-10-16(12(3)21)11(2)20(18-10)7-5-15(22)19-6-4-13-8-17-9-14(13)19/h13-14,17H,4-9H2,1-3H3/t13-,14+/m0/s1. The molecule has 2 aliphatic heterocycles. The molecule has 3 rings (SSSR count). The van der Waals surface area contributed by atoms with Crippen LogP contribution >= 0.6 is 0 Å². The smallest absolute Gasteiger partial charge is 0.224 e. The molecule has 6 nitrogen and oxygen atoms in total. The summed E-state index contributed by atoms with van der Waals surface area (Å²) < 4.78 is 1.80. The third-order valence-corrected chi connectivity index (χ3v) is 5.04. The molecule has 0 bridgehead atoms. The third-order valence-electron chi connectivity index (χ3n) is 5.04. The first-order valence-electron chi connectivity index (χ1n) is 8.04. The quantitative estimate of drug-likeness (QED) is 0.840. The molecule has 0 spiro atoms. The number of aromatic nitrogens is 2. The molecule has 0 unspecified atom stereocenters. The number of Topliss-reactive ketones (excluding diaryl/α,β-unsaturated/α-hetero) is 1. The van der Waals surface area contributed by atoms with Crippen molar-refractivity contribution < 1.29 is 9.59 Å². The zero-order chi connectivity index (χ0) is 15.9. The van der Waals surface area contributed by atoms with Gasteiger partial charge in [-0.1, -0.05) is 0 Å². The van der Waals surface area contributed by atoms with Crippen molar-refractivity contribution in [2.45, 2.75) is 46.2 Å². The van der Waals surface area contributed by atoms with E-state index in [0.29, 0.717) is 30.5 Å². The van der Waals surface area contributed by atoms with E-state index in [2.05, 4.69) is 10.4 Å². The molecular formula is C16H24N4O2. The van der Waals surface area contributed by atoms with Crippen molar-refractivity contribution >= 4 is 11.7 Å². The zero-order valence-corrected chi connectivity index (χ0v) is 13.6. The van der Waals surface area contributed by atoms with Gasteiger partial charge in [0.05, 0.1) is 11.3 Å². The molecule has 1 amide bonds. The van der Waals surface area contributed by atoms with Gasteiger partial charge in [0.2, 0.25) is 5.91 Å². The second-order valence-corrected chi connectivity index (χ2v) is 6.44. The number of aryl methyl sites for hydroxylation is 2. The lowest BCUT2D eigenvalue weighted by Crippen LogP contribution is -2.39. The number of nitrogens with one attached hydrogen (secondary N) is 1. The number of fused-ring (bicyclic) bond motifs is 1. The molecule has 0 radical (unpaired) electrons. The van der Waals surface area contributed by atoms with E-state index in [1.165, 1.54) is 0 Å². The fraction of sp³-hybridized carbons (Fsp3) is 0.688. The Kier molecular flexibility index (Phi) is 4.04. The van der Waals surface area contributed by atoms with E-state index >= 15 is 0 Å². The Labute approximate surface area is 130 Å². The first-order valence-corrected chi connectivity index (χ1v) is 8.04. The van der Waals surface area contributed by atoms with E-state index < -0.39 is 0 Å². The number of likely N-dealkylation sites (tertiary alicyclic amines) is 1. The van der Waals surface area contributed by atoms with Crippen LogP contribution < -0.4 is 5.32 Å². The van der Waals surface area contributed by atoms with Gasteiger partial charge in [-0.3, -0.25) is 14.3 Å². The van der Waals surface area contributed by atoms with Gasteiger partial charge in [0.25, 0.3) is 0 Å². The predicted molar refractivity (Wildman–Crippen MR) is 82.8 cm³/mol. The number of carbonyl (C=O) groups is 2. The first kappa shape index (κ1) is 15.2. The minimum atomic E-state index is 0.0343. The molecule has 2 fully saturated rings. The van der Waals surface area contributed by atoms with Gasteiger partial charge in [-0.15, -0.1) is 0 Å². The minimum absolute atomic E-state index is 0.0343. The molecule has 2 atom stereocenters. The maximum atomic E-state index is 12.5. The van der Waals surface area contributed by atoms with Crippen LogP contribution in [0.1, 0.15) is 41.5 Å². The Hall–Kier alpha value is -1.69. The normalized spacial score (nSPS) is 23.9. The first-order chi connectivity index (χ1) is 10.5. The van der Waals surface area contributed by atoms with Crippen molar-refractivity contribution in [2.75, 3.05) is 19.6 Å². The van der Waals surface area contributed by atoms with Crippen LogP contribution in [-0.4, -0.2) is 52.0 Å². The summed E-state index contributed by atoms with van der Waals surface area (Å²) in [5.74, 6) is 0.863. The van der Waals surface area contributed by atoms with Crippen molar-refractivity contribution in [3.05, 3.63) is 17.0 Å².